The number of fused-ring (bicyclic) bond motifs is 1. The van der Waals surface area contributed by atoms with Crippen LogP contribution < -0.4 is 15.0 Å². The molecular formula is C25H40ClN3O4. The number of carbonyl (C=O) groups excluding carboxylic acids is 2. The number of halogens is 1. The van der Waals surface area contributed by atoms with Crippen LogP contribution in [0.4, 0.5) is 5.69 Å². The monoisotopic (exact) mass is 481 g/mol. The van der Waals surface area contributed by atoms with E-state index in [2.05, 4.69) is 19.2 Å². The number of nitrogens with one attached hydrogen (secondary N) is 1. The zero-order valence-electron chi connectivity index (χ0n) is 20.7. The van der Waals surface area contributed by atoms with E-state index in [0.29, 0.717) is 25.3 Å². The van der Waals surface area contributed by atoms with Crippen LogP contribution in [0.15, 0.2) is 18.2 Å². The van der Waals surface area contributed by atoms with Crippen molar-refractivity contribution < 1.29 is 19.1 Å². The Labute approximate surface area is 204 Å². The molecule has 186 valence electrons. The molecule has 1 saturated heterocycles. The minimum absolute atomic E-state index is 0. The van der Waals surface area contributed by atoms with Crippen LogP contribution >= 0.6 is 12.4 Å². The number of nitrogens with zero attached hydrogens (tertiary/aromatic N) is 2. The van der Waals surface area contributed by atoms with Gasteiger partial charge < -0.3 is 24.6 Å². The van der Waals surface area contributed by atoms with Gasteiger partial charge in [-0.1, -0.05) is 6.07 Å². The van der Waals surface area contributed by atoms with Gasteiger partial charge in [0.15, 0.2) is 5.60 Å². The number of benzene rings is 1. The zero-order chi connectivity index (χ0) is 23.3. The van der Waals surface area contributed by atoms with Crippen LogP contribution in [0.2, 0.25) is 0 Å². The first kappa shape index (κ1) is 27.4. The van der Waals surface area contributed by atoms with E-state index in [-0.39, 0.29) is 36.3 Å². The van der Waals surface area contributed by atoms with Gasteiger partial charge in [-0.2, -0.15) is 0 Å². The number of methoxy groups -OCH3 is 1. The largest absolute Gasteiger partial charge is 0.476 e. The number of amides is 2. The average molecular weight is 482 g/mol. The van der Waals surface area contributed by atoms with Crippen molar-refractivity contribution in [1.82, 2.24) is 10.2 Å². The molecule has 0 radical (unpaired) electrons. The molecule has 2 heterocycles. The summed E-state index contributed by atoms with van der Waals surface area (Å²) < 4.78 is 11.2. The van der Waals surface area contributed by atoms with Crippen LogP contribution in [0.5, 0.6) is 5.75 Å². The minimum atomic E-state index is -0.909. The van der Waals surface area contributed by atoms with E-state index >= 15 is 0 Å². The van der Waals surface area contributed by atoms with Gasteiger partial charge >= 0.3 is 0 Å². The first-order chi connectivity index (χ1) is 15.2. The molecule has 7 nitrogen and oxygen atoms in total. The third-order valence-corrected chi connectivity index (χ3v) is 6.28. The van der Waals surface area contributed by atoms with E-state index in [1.54, 1.807) is 21.0 Å². The maximum atomic E-state index is 13.3. The van der Waals surface area contributed by atoms with Gasteiger partial charge in [-0.3, -0.25) is 9.59 Å². The summed E-state index contributed by atoms with van der Waals surface area (Å²) in [4.78, 5) is 30.2. The van der Waals surface area contributed by atoms with Gasteiger partial charge in [0.1, 0.15) is 5.75 Å². The van der Waals surface area contributed by atoms with Crippen molar-refractivity contribution in [3.8, 4) is 5.75 Å². The second-order valence-corrected chi connectivity index (χ2v) is 9.64. The molecule has 0 saturated carbocycles. The molecule has 33 heavy (non-hydrogen) atoms. The lowest BCUT2D eigenvalue weighted by atomic mass is 10.00. The zero-order valence-corrected chi connectivity index (χ0v) is 21.5. The van der Waals surface area contributed by atoms with Gasteiger partial charge in [-0.25, -0.2) is 0 Å². The molecule has 0 bridgehead atoms. The molecular weight excluding hydrogens is 442 g/mol. The summed E-state index contributed by atoms with van der Waals surface area (Å²) in [6.45, 7) is 10.9. The Balaban J connectivity index is 0.00000385. The number of anilines is 1. The molecule has 1 N–H and O–H groups in total. The summed E-state index contributed by atoms with van der Waals surface area (Å²) >= 11 is 0. The normalized spacial score (nSPS) is 19.5. The first-order valence-corrected chi connectivity index (χ1v) is 11.9. The Bertz CT molecular complexity index is 809. The average Bonchev–Trinajstić information content (AvgIpc) is 2.74. The Morgan fingerprint density at radius 3 is 2.73 bits per heavy atom. The van der Waals surface area contributed by atoms with Crippen LogP contribution in [0.1, 0.15) is 58.9 Å². The molecule has 8 heteroatoms. The summed E-state index contributed by atoms with van der Waals surface area (Å²) in [6, 6.07) is 6.18. The summed E-state index contributed by atoms with van der Waals surface area (Å²) in [5.41, 5.74) is 0.752. The molecule has 2 amide bonds. The highest BCUT2D eigenvalue weighted by molar-refractivity contribution is 6.02. The molecule has 0 spiro atoms. The fraction of sp³-hybridized carbons (Fsp3) is 0.680. The van der Waals surface area contributed by atoms with Crippen molar-refractivity contribution in [2.75, 3.05) is 38.3 Å². The Hall–Kier alpha value is -1.83. The van der Waals surface area contributed by atoms with Crippen molar-refractivity contribution in [2.24, 2.45) is 0 Å². The molecule has 2 aliphatic rings. The molecule has 0 aliphatic carbocycles. The SMILES string of the molecule is COCCCCN1C(=O)C(C)(C)Oc2ccc(CC(=O)N(C(C)C)[C@@H]3CCCNC3)cc21.Cl. The van der Waals surface area contributed by atoms with Crippen LogP contribution in [-0.4, -0.2) is 67.7 Å². The van der Waals surface area contributed by atoms with Crippen molar-refractivity contribution in [2.45, 2.75) is 77.5 Å². The topological polar surface area (TPSA) is 71.1 Å². The highest BCUT2D eigenvalue weighted by atomic mass is 35.5. The summed E-state index contributed by atoms with van der Waals surface area (Å²) in [7, 11) is 1.69. The van der Waals surface area contributed by atoms with Crippen LogP contribution in [0.25, 0.3) is 0 Å². The lowest BCUT2D eigenvalue weighted by molar-refractivity contribution is -0.135. The van der Waals surface area contributed by atoms with Crippen LogP contribution in [-0.2, 0) is 20.7 Å². The molecule has 1 aromatic rings. The van der Waals surface area contributed by atoms with Gasteiger partial charge in [-0.05, 0) is 77.6 Å². The number of unbranched alkanes of at least 4 members (excludes halogenated alkanes) is 1. The lowest BCUT2D eigenvalue weighted by Gasteiger charge is -2.39. The number of hydrogen-bond donors (Lipinski definition) is 1. The predicted octanol–water partition coefficient (Wildman–Crippen LogP) is 3.57. The highest BCUT2D eigenvalue weighted by Gasteiger charge is 2.40. The third kappa shape index (κ3) is 6.61. The number of piperidine rings is 1. The molecule has 1 atom stereocenters. The second-order valence-electron chi connectivity index (χ2n) is 9.64. The quantitative estimate of drug-likeness (QED) is 0.546. The van der Waals surface area contributed by atoms with E-state index < -0.39 is 5.60 Å². The minimum Gasteiger partial charge on any atom is -0.476 e. The molecule has 2 aliphatic heterocycles. The molecule has 0 unspecified atom stereocenters. The Kier molecular flexibility index (Phi) is 10.0. The van der Waals surface area contributed by atoms with Crippen molar-refractivity contribution in [3.05, 3.63) is 23.8 Å². The predicted molar refractivity (Wildman–Crippen MR) is 133 cm³/mol. The maximum absolute atomic E-state index is 13.3. The van der Waals surface area contributed by atoms with E-state index in [0.717, 1.165) is 50.0 Å². The third-order valence-electron chi connectivity index (χ3n) is 6.28. The van der Waals surface area contributed by atoms with E-state index in [9.17, 15) is 9.59 Å². The lowest BCUT2D eigenvalue weighted by Crippen LogP contribution is -2.53. The first-order valence-electron chi connectivity index (χ1n) is 11.9. The van der Waals surface area contributed by atoms with E-state index in [1.807, 2.05) is 28.0 Å². The number of hydrogen-bond acceptors (Lipinski definition) is 5. The van der Waals surface area contributed by atoms with E-state index in [1.165, 1.54) is 0 Å². The summed E-state index contributed by atoms with van der Waals surface area (Å²) in [5.74, 6) is 0.765. The van der Waals surface area contributed by atoms with Gasteiger partial charge in [0.25, 0.3) is 5.91 Å². The molecule has 0 aromatic heterocycles. The van der Waals surface area contributed by atoms with Gasteiger partial charge in [0.05, 0.1) is 12.1 Å². The molecule has 1 aromatic carbocycles. The fourth-order valence-electron chi connectivity index (χ4n) is 4.71. The van der Waals surface area contributed by atoms with Gasteiger partial charge in [-0.15, -0.1) is 12.4 Å². The second kappa shape index (κ2) is 12.0. The number of carbonyl (C=O) groups is 2. The van der Waals surface area contributed by atoms with Crippen molar-refractivity contribution in [3.63, 3.8) is 0 Å². The molecule has 1 fully saturated rings. The maximum Gasteiger partial charge on any atom is 0.270 e. The molecule has 3 rings (SSSR count). The van der Waals surface area contributed by atoms with Crippen molar-refractivity contribution in [1.29, 1.82) is 0 Å². The van der Waals surface area contributed by atoms with Crippen molar-refractivity contribution >= 4 is 29.9 Å². The Morgan fingerprint density at radius 1 is 1.33 bits per heavy atom. The summed E-state index contributed by atoms with van der Waals surface area (Å²) in [6.07, 6.45) is 4.17. The van der Waals surface area contributed by atoms with Gasteiger partial charge in [0.2, 0.25) is 5.91 Å². The number of ether oxygens (including phenoxy) is 2. The standard InChI is InChI=1S/C25H39N3O4.ClH/c1-18(2)28(20-9-8-12-26-17-20)23(29)16-19-10-11-22-21(15-19)27(13-6-7-14-31-5)24(30)25(3,4)32-22;/h10-11,15,18,20,26H,6-9,12-14,16-17H2,1-5H3;1H/t20-;/m1./s1. The fourth-order valence-corrected chi connectivity index (χ4v) is 4.71. The highest BCUT2D eigenvalue weighted by Crippen LogP contribution is 2.38. The van der Waals surface area contributed by atoms with Crippen LogP contribution in [0, 0.1) is 0 Å². The van der Waals surface area contributed by atoms with E-state index in [4.69, 9.17) is 9.47 Å². The van der Waals surface area contributed by atoms with Gasteiger partial charge in [0, 0.05) is 38.9 Å². The summed E-state index contributed by atoms with van der Waals surface area (Å²) in [5, 5.41) is 3.41. The van der Waals surface area contributed by atoms with Crippen LogP contribution in [0.3, 0.4) is 0 Å². The Morgan fingerprint density at radius 2 is 2.09 bits per heavy atom. The smallest absolute Gasteiger partial charge is 0.270 e. The number of rotatable bonds is 9.